The maximum Gasteiger partial charge on any atom is 0.475 e. The van der Waals surface area contributed by atoms with E-state index in [0.717, 1.165) is 18.4 Å². The number of piperidine rings is 1. The van der Waals surface area contributed by atoms with Crippen molar-refractivity contribution in [2.45, 2.75) is 51.5 Å². The number of nitrogens with one attached hydrogen (secondary N) is 1. The predicted molar refractivity (Wildman–Crippen MR) is 116 cm³/mol. The summed E-state index contributed by atoms with van der Waals surface area (Å²) in [4.78, 5) is 26.7. The van der Waals surface area contributed by atoms with E-state index in [4.69, 9.17) is 4.74 Å². The van der Waals surface area contributed by atoms with Crippen molar-refractivity contribution in [3.63, 3.8) is 0 Å². The Bertz CT molecular complexity index is 807. The molecule has 166 valence electrons. The first-order chi connectivity index (χ1) is 14.8. The molecule has 1 saturated heterocycles. The summed E-state index contributed by atoms with van der Waals surface area (Å²) in [6.45, 7) is 4.26. The highest BCUT2D eigenvalue weighted by Crippen LogP contribution is 2.20. The highest BCUT2D eigenvalue weighted by atomic mass is 16.5. The van der Waals surface area contributed by atoms with Crippen LogP contribution >= 0.6 is 0 Å². The molecule has 1 aromatic carbocycles. The average molecular weight is 427 g/mol. The Kier molecular flexibility index (Phi) is 9.57. The molecule has 1 fully saturated rings. The van der Waals surface area contributed by atoms with Crippen LogP contribution in [0.5, 0.6) is 0 Å². The first kappa shape index (κ1) is 24.4. The van der Waals surface area contributed by atoms with Crippen LogP contribution in [0.2, 0.25) is 0 Å². The van der Waals surface area contributed by atoms with Gasteiger partial charge in [0.1, 0.15) is 18.2 Å². The van der Waals surface area contributed by atoms with Crippen LogP contribution in [0.4, 0.5) is 4.79 Å². The summed E-state index contributed by atoms with van der Waals surface area (Å²) in [5.41, 5.74) is 0.934. The summed E-state index contributed by atoms with van der Waals surface area (Å²) in [6.07, 6.45) is 3.46. The number of amides is 2. The molecule has 8 nitrogen and oxygen atoms in total. The second-order valence-electron chi connectivity index (χ2n) is 8.04. The van der Waals surface area contributed by atoms with E-state index in [1.807, 2.05) is 50.2 Å². The van der Waals surface area contributed by atoms with Gasteiger partial charge in [-0.25, -0.2) is 4.79 Å². The zero-order chi connectivity index (χ0) is 22.8. The second kappa shape index (κ2) is 12.1. The van der Waals surface area contributed by atoms with Crippen molar-refractivity contribution >= 4 is 19.1 Å². The van der Waals surface area contributed by atoms with Crippen molar-refractivity contribution in [3.8, 4) is 6.07 Å². The lowest BCUT2D eigenvalue weighted by Gasteiger charge is -2.35. The summed E-state index contributed by atoms with van der Waals surface area (Å²) >= 11 is 0. The van der Waals surface area contributed by atoms with Crippen LogP contribution in [0, 0.1) is 17.2 Å². The fraction of sp³-hybridized carbons (Fsp3) is 0.500. The van der Waals surface area contributed by atoms with E-state index in [9.17, 15) is 24.9 Å². The lowest BCUT2D eigenvalue weighted by atomic mass is 9.76. The van der Waals surface area contributed by atoms with Crippen molar-refractivity contribution in [2.75, 3.05) is 13.2 Å². The number of likely N-dealkylation sites (tertiary alicyclic amines) is 1. The Labute approximate surface area is 183 Å². The van der Waals surface area contributed by atoms with Gasteiger partial charge in [0.25, 0.3) is 5.91 Å². The average Bonchev–Trinajstić information content (AvgIpc) is 2.75. The molecule has 1 unspecified atom stereocenters. The van der Waals surface area contributed by atoms with Gasteiger partial charge in [-0.1, -0.05) is 50.3 Å². The van der Waals surface area contributed by atoms with Crippen LogP contribution in [0.25, 0.3) is 0 Å². The fourth-order valence-corrected chi connectivity index (χ4v) is 3.55. The van der Waals surface area contributed by atoms with Crippen molar-refractivity contribution in [1.82, 2.24) is 10.2 Å². The predicted octanol–water partition coefficient (Wildman–Crippen LogP) is 1.82. The first-order valence-electron chi connectivity index (χ1n) is 10.6. The SMILES string of the molecule is CC(C)C=C(C#N)C(=O)N1CCCCC1COC(=O)N[C@@H](Cc1ccccc1)B(O)O. The minimum Gasteiger partial charge on any atom is -0.447 e. The number of hydrogen-bond acceptors (Lipinski definition) is 6. The van der Waals surface area contributed by atoms with Gasteiger partial charge in [-0.2, -0.15) is 5.26 Å². The molecule has 2 amide bonds. The van der Waals surface area contributed by atoms with Crippen LogP contribution in [-0.4, -0.2) is 59.2 Å². The highest BCUT2D eigenvalue weighted by Gasteiger charge is 2.31. The first-order valence-corrected chi connectivity index (χ1v) is 10.6. The van der Waals surface area contributed by atoms with E-state index in [2.05, 4.69) is 5.32 Å². The Morgan fingerprint density at radius 3 is 2.65 bits per heavy atom. The summed E-state index contributed by atoms with van der Waals surface area (Å²) in [6, 6.07) is 10.8. The van der Waals surface area contributed by atoms with Crippen LogP contribution in [0.15, 0.2) is 42.0 Å². The molecule has 1 aromatic rings. The molecule has 0 spiro atoms. The molecular formula is C22H30BN3O5. The number of nitriles is 1. The van der Waals surface area contributed by atoms with E-state index >= 15 is 0 Å². The second-order valence-corrected chi connectivity index (χ2v) is 8.04. The number of nitrogens with zero attached hydrogens (tertiary/aromatic N) is 2. The van der Waals surface area contributed by atoms with Crippen molar-refractivity contribution in [3.05, 3.63) is 47.5 Å². The lowest BCUT2D eigenvalue weighted by Crippen LogP contribution is -2.50. The Morgan fingerprint density at radius 2 is 2.03 bits per heavy atom. The number of alkyl carbamates (subject to hydrolysis) is 1. The number of carbonyl (C=O) groups excluding carboxylic acids is 2. The third-order valence-corrected chi connectivity index (χ3v) is 5.11. The van der Waals surface area contributed by atoms with Gasteiger partial charge in [0.05, 0.1) is 12.0 Å². The molecule has 2 atom stereocenters. The highest BCUT2D eigenvalue weighted by molar-refractivity contribution is 6.43. The molecule has 31 heavy (non-hydrogen) atoms. The Morgan fingerprint density at radius 1 is 1.32 bits per heavy atom. The topological polar surface area (TPSA) is 123 Å². The Balaban J connectivity index is 1.96. The quantitative estimate of drug-likeness (QED) is 0.331. The molecule has 0 aliphatic carbocycles. The van der Waals surface area contributed by atoms with E-state index in [1.54, 1.807) is 11.0 Å². The fourth-order valence-electron chi connectivity index (χ4n) is 3.55. The Hall–Kier alpha value is -2.83. The number of carbonyl (C=O) groups is 2. The van der Waals surface area contributed by atoms with E-state index in [0.29, 0.717) is 13.0 Å². The number of rotatable bonds is 8. The summed E-state index contributed by atoms with van der Waals surface area (Å²) in [7, 11) is -1.75. The van der Waals surface area contributed by atoms with Crippen LogP contribution in [0.3, 0.4) is 0 Å². The van der Waals surface area contributed by atoms with Gasteiger partial charge in [0.2, 0.25) is 0 Å². The summed E-state index contributed by atoms with van der Waals surface area (Å²) in [5.74, 6) is -1.22. The van der Waals surface area contributed by atoms with E-state index < -0.39 is 19.2 Å². The molecule has 3 N–H and O–H groups in total. The van der Waals surface area contributed by atoms with Gasteiger partial charge in [-0.05, 0) is 37.2 Å². The summed E-state index contributed by atoms with van der Waals surface area (Å²) < 4.78 is 5.31. The largest absolute Gasteiger partial charge is 0.475 e. The molecule has 0 radical (unpaired) electrons. The number of benzene rings is 1. The number of hydrogen-bond donors (Lipinski definition) is 3. The van der Waals surface area contributed by atoms with Gasteiger partial charge >= 0.3 is 13.2 Å². The number of ether oxygens (including phenoxy) is 1. The van der Waals surface area contributed by atoms with Crippen LogP contribution in [0.1, 0.15) is 38.7 Å². The molecule has 1 aliphatic rings. The van der Waals surface area contributed by atoms with Crippen LogP contribution in [-0.2, 0) is 16.0 Å². The molecule has 9 heteroatoms. The van der Waals surface area contributed by atoms with Crippen LogP contribution < -0.4 is 5.32 Å². The molecule has 2 rings (SSSR count). The third-order valence-electron chi connectivity index (χ3n) is 5.11. The monoisotopic (exact) mass is 427 g/mol. The van der Waals surface area contributed by atoms with E-state index in [-0.39, 0.29) is 36.5 Å². The third kappa shape index (κ3) is 7.74. The molecule has 1 aliphatic heterocycles. The minimum atomic E-state index is -1.75. The molecule has 0 aromatic heterocycles. The maximum atomic E-state index is 12.8. The summed E-state index contributed by atoms with van der Waals surface area (Å²) in [5, 5.41) is 31.0. The zero-order valence-corrected chi connectivity index (χ0v) is 18.0. The van der Waals surface area contributed by atoms with Crippen molar-refractivity contribution in [1.29, 1.82) is 5.26 Å². The zero-order valence-electron chi connectivity index (χ0n) is 18.0. The molecular weight excluding hydrogens is 397 g/mol. The standard InChI is InChI=1S/C22H30BN3O5/c1-16(2)12-18(14-24)21(27)26-11-7-6-10-19(26)15-31-22(28)25-20(23(29)30)13-17-8-4-3-5-9-17/h3-5,8-9,12,16,19-20,29-30H,6-7,10-11,13,15H2,1-2H3,(H,25,28)/t19?,20-/m0/s1. The molecule has 0 saturated carbocycles. The molecule has 1 heterocycles. The minimum absolute atomic E-state index is 0.0302. The smallest absolute Gasteiger partial charge is 0.447 e. The maximum absolute atomic E-state index is 12.8. The molecule has 0 bridgehead atoms. The van der Waals surface area contributed by atoms with Crippen molar-refractivity contribution < 1.29 is 24.4 Å². The van der Waals surface area contributed by atoms with Gasteiger partial charge in [-0.3, -0.25) is 4.79 Å². The number of allylic oxidation sites excluding steroid dienone is 1. The van der Waals surface area contributed by atoms with E-state index in [1.165, 1.54) is 0 Å². The normalized spacial score (nSPS) is 17.6. The van der Waals surface area contributed by atoms with Gasteiger partial charge in [-0.15, -0.1) is 0 Å². The van der Waals surface area contributed by atoms with Gasteiger partial charge in [0.15, 0.2) is 0 Å². The van der Waals surface area contributed by atoms with Gasteiger partial charge < -0.3 is 25.0 Å². The lowest BCUT2D eigenvalue weighted by molar-refractivity contribution is -0.131. The van der Waals surface area contributed by atoms with Crippen molar-refractivity contribution in [2.24, 2.45) is 5.92 Å². The van der Waals surface area contributed by atoms with Gasteiger partial charge in [0, 0.05) is 6.54 Å².